The first-order valence-electron chi connectivity index (χ1n) is 15.3. The van der Waals surface area contributed by atoms with E-state index in [1.807, 2.05) is 40.6 Å². The van der Waals surface area contributed by atoms with E-state index in [9.17, 15) is 0 Å². The summed E-state index contributed by atoms with van der Waals surface area (Å²) in [6.45, 7) is 5.47. The third-order valence-electron chi connectivity index (χ3n) is 8.67. The summed E-state index contributed by atoms with van der Waals surface area (Å²) >= 11 is 5.63. The third kappa shape index (κ3) is 5.31. The van der Waals surface area contributed by atoms with Gasteiger partial charge in [-0.05, 0) is 0 Å². The maximum atomic E-state index is 6.02. The van der Waals surface area contributed by atoms with Gasteiger partial charge in [-0.25, -0.2) is 0 Å². The first kappa shape index (κ1) is 31.2. The van der Waals surface area contributed by atoms with Gasteiger partial charge in [0.25, 0.3) is 0 Å². The van der Waals surface area contributed by atoms with Gasteiger partial charge in [-0.15, -0.1) is 0 Å². The summed E-state index contributed by atoms with van der Waals surface area (Å²) in [5, 5.41) is 5.23. The van der Waals surface area contributed by atoms with Crippen molar-refractivity contribution in [2.24, 2.45) is 7.05 Å². The number of fused-ring (bicyclic) bond motifs is 3. The molecule has 0 N–H and O–H groups in total. The van der Waals surface area contributed by atoms with E-state index in [2.05, 4.69) is 157 Å². The number of nitrogens with zero attached hydrogens (tertiary/aromatic N) is 1. The van der Waals surface area contributed by atoms with Gasteiger partial charge in [0, 0.05) is 0 Å². The van der Waals surface area contributed by atoms with Crippen molar-refractivity contribution < 1.29 is 22.7 Å². The molecule has 3 aromatic carbocycles. The fourth-order valence-electron chi connectivity index (χ4n) is 6.48. The Labute approximate surface area is 289 Å². The number of aromatic nitrogens is 1. The van der Waals surface area contributed by atoms with Crippen LogP contribution in [0.2, 0.25) is 0 Å². The molecule has 2 nitrogen and oxygen atoms in total. The molecule has 3 aromatic heterocycles. The molecule has 6 aromatic rings. The standard InChI is InChI=1S/C40H34NOPS2.Os/c1-5-16-34-24-36-39(44-34)40-37(41(36)4)25-38(45-40)35(23-30-27-42-26-29(30)6-2)28(3)43(31-17-10-7-11-18-31,32-19-12-8-13-20-32)33-21-14-9-15-22-33;/h5-25H,26-27H2,1-2,4H3;/q+1;/b16-5+,29-6?,30-23?,35-28?;. The van der Waals surface area contributed by atoms with Crippen molar-refractivity contribution in [3.8, 4) is 4.37 Å². The molecule has 0 saturated carbocycles. The molecule has 0 aliphatic carbocycles. The van der Waals surface area contributed by atoms with Gasteiger partial charge in [0.05, 0.1) is 0 Å². The monoisotopic (exact) mass is 831 g/mol. The number of rotatable bonds is 7. The van der Waals surface area contributed by atoms with Gasteiger partial charge < -0.3 is 0 Å². The van der Waals surface area contributed by atoms with Crippen molar-refractivity contribution in [2.75, 3.05) is 13.2 Å². The fourth-order valence-corrected chi connectivity index (χ4v) is 14.9. The van der Waals surface area contributed by atoms with Crippen LogP contribution in [0.15, 0.2) is 138 Å². The summed E-state index contributed by atoms with van der Waals surface area (Å²) in [5.74, 6) is 0. The van der Waals surface area contributed by atoms with Crippen molar-refractivity contribution in [3.05, 3.63) is 148 Å². The average Bonchev–Trinajstić information content (AvgIpc) is 3.89. The van der Waals surface area contributed by atoms with Gasteiger partial charge in [0.1, 0.15) is 0 Å². The second-order valence-corrected chi connectivity index (χ2v) is 17.4. The molecule has 46 heavy (non-hydrogen) atoms. The third-order valence-corrected chi connectivity index (χ3v) is 16.5. The zero-order valence-corrected chi connectivity index (χ0v) is 31.1. The number of thiophene rings is 2. The molecule has 1 saturated heterocycles. The van der Waals surface area contributed by atoms with Gasteiger partial charge >= 0.3 is 291 Å². The SMILES string of the molecule is CC=C1COCC1=CC(=C([C]#[Os])[P+](c1ccccc1)(c1ccccc1)c1ccccc1)c1cc2c(s1)c1sc(/C=C/C)cc1n2C. The van der Waals surface area contributed by atoms with E-state index in [1.165, 1.54) is 68.1 Å². The van der Waals surface area contributed by atoms with Gasteiger partial charge in [-0.2, -0.15) is 0 Å². The van der Waals surface area contributed by atoms with Gasteiger partial charge in [-0.3, -0.25) is 0 Å². The molecule has 229 valence electrons. The van der Waals surface area contributed by atoms with E-state index in [-0.39, 0.29) is 0 Å². The fraction of sp³-hybridized carbons (Fsp3) is 0.125. The molecule has 6 heteroatoms. The number of allylic oxidation sites excluding steroid dienone is 5. The van der Waals surface area contributed by atoms with Gasteiger partial charge in [-0.1, -0.05) is 0 Å². The summed E-state index contributed by atoms with van der Waals surface area (Å²) in [7, 11) is -0.194. The van der Waals surface area contributed by atoms with Crippen LogP contribution in [-0.2, 0) is 29.7 Å². The molecule has 0 unspecified atom stereocenters. The Balaban J connectivity index is 1.63. The van der Waals surface area contributed by atoms with Crippen LogP contribution in [0.1, 0.15) is 23.6 Å². The summed E-state index contributed by atoms with van der Waals surface area (Å²) in [6, 6.07) is 38.1. The van der Waals surface area contributed by atoms with Crippen molar-refractivity contribution >= 4 is 77.9 Å². The zero-order chi connectivity index (χ0) is 31.7. The molecule has 1 fully saturated rings. The van der Waals surface area contributed by atoms with E-state index in [0.717, 1.165) is 0 Å². The number of ether oxygens (including phenoxy) is 1. The second-order valence-electron chi connectivity index (χ2n) is 11.3. The van der Waals surface area contributed by atoms with Crippen molar-refractivity contribution in [1.29, 1.82) is 0 Å². The van der Waals surface area contributed by atoms with Crippen LogP contribution in [-0.4, -0.2) is 17.8 Å². The molecule has 7 rings (SSSR count). The number of benzene rings is 3. The van der Waals surface area contributed by atoms with Crippen LogP contribution < -0.4 is 15.9 Å². The van der Waals surface area contributed by atoms with Crippen molar-refractivity contribution in [3.63, 3.8) is 0 Å². The van der Waals surface area contributed by atoms with Crippen LogP contribution in [0.3, 0.4) is 0 Å². The van der Waals surface area contributed by atoms with E-state index in [4.69, 9.17) is 4.74 Å². The van der Waals surface area contributed by atoms with Crippen LogP contribution in [0.25, 0.3) is 32.1 Å². The topological polar surface area (TPSA) is 14.2 Å². The molecule has 0 spiro atoms. The Hall–Kier alpha value is -3.37. The van der Waals surface area contributed by atoms with Crippen LogP contribution >= 0.6 is 29.9 Å². The molecule has 1 aliphatic heterocycles. The Bertz CT molecular complexity index is 2110. The Morgan fingerprint density at radius 1 is 0.783 bits per heavy atom. The number of hydrogen-bond donors (Lipinski definition) is 0. The molecule has 0 bridgehead atoms. The van der Waals surface area contributed by atoms with E-state index < -0.39 is 7.26 Å². The molecule has 4 heterocycles. The minimum atomic E-state index is -2.40. The molecular weight excluding hydrogens is 796 g/mol. The number of hydrogen-bond acceptors (Lipinski definition) is 3. The second kappa shape index (κ2) is 13.4. The van der Waals surface area contributed by atoms with Crippen molar-refractivity contribution in [2.45, 2.75) is 13.8 Å². The average molecular weight is 830 g/mol. The van der Waals surface area contributed by atoms with E-state index >= 15 is 0 Å². The summed E-state index contributed by atoms with van der Waals surface area (Å²) < 4.78 is 15.0. The van der Waals surface area contributed by atoms with Crippen molar-refractivity contribution in [1.82, 2.24) is 4.57 Å². The quantitative estimate of drug-likeness (QED) is 0.146. The molecule has 0 atom stereocenters. The van der Waals surface area contributed by atoms with Crippen LogP contribution in [0.5, 0.6) is 0 Å². The Kier molecular flexibility index (Phi) is 9.09. The predicted molar refractivity (Wildman–Crippen MR) is 200 cm³/mol. The summed E-state index contributed by atoms with van der Waals surface area (Å²) in [6.07, 6.45) is 8.95. The first-order chi connectivity index (χ1) is 22.6. The van der Waals surface area contributed by atoms with Gasteiger partial charge in [0.2, 0.25) is 0 Å². The molecular formula is C40H34NOOsPS2+. The zero-order valence-electron chi connectivity index (χ0n) is 26.0. The normalized spacial score (nSPS) is 16.2. The molecule has 0 radical (unpaired) electrons. The van der Waals surface area contributed by atoms with Crippen LogP contribution in [0.4, 0.5) is 0 Å². The van der Waals surface area contributed by atoms with E-state index in [0.29, 0.717) is 13.2 Å². The maximum absolute atomic E-state index is 6.02. The Morgan fingerprint density at radius 3 is 1.87 bits per heavy atom. The summed E-state index contributed by atoms with van der Waals surface area (Å²) in [5.41, 5.74) is 6.31. The minimum absolute atomic E-state index is 0.614. The summed E-state index contributed by atoms with van der Waals surface area (Å²) in [4.78, 5) is 2.55. The predicted octanol–water partition coefficient (Wildman–Crippen LogP) is 9.60. The Morgan fingerprint density at radius 2 is 1.33 bits per heavy atom. The van der Waals surface area contributed by atoms with Crippen LogP contribution in [0, 0.1) is 4.37 Å². The molecule has 0 amide bonds. The van der Waals surface area contributed by atoms with Gasteiger partial charge in [0.15, 0.2) is 0 Å². The molecule has 1 aliphatic rings. The van der Waals surface area contributed by atoms with E-state index in [1.54, 1.807) is 0 Å². The first-order valence-corrected chi connectivity index (χ1v) is 20.0. The number of aryl methyl sites for hydroxylation is 1.